The Morgan fingerprint density at radius 1 is 1.25 bits per heavy atom. The molecule has 1 rings (SSSR count). The molecule has 0 aromatic heterocycles. The van der Waals surface area contributed by atoms with Crippen LogP contribution in [0.5, 0.6) is 5.75 Å². The van der Waals surface area contributed by atoms with Crippen molar-refractivity contribution in [2.45, 2.75) is 52.1 Å². The zero-order valence-electron chi connectivity index (χ0n) is 12.5. The van der Waals surface area contributed by atoms with Gasteiger partial charge < -0.3 is 10.1 Å². The zero-order chi connectivity index (χ0) is 15.0. The molecule has 1 N–H and O–H groups in total. The van der Waals surface area contributed by atoms with Gasteiger partial charge in [-0.05, 0) is 51.3 Å². The molecule has 0 amide bonds. The first-order valence-corrected chi connectivity index (χ1v) is 6.95. The lowest BCUT2D eigenvalue weighted by molar-refractivity contribution is 0.305. The van der Waals surface area contributed by atoms with Crippen LogP contribution in [0.2, 0.25) is 0 Å². The number of nitrogens with one attached hydrogen (secondary N) is 1. The quantitative estimate of drug-likeness (QED) is 0.772. The number of benzene rings is 1. The summed E-state index contributed by atoms with van der Waals surface area (Å²) < 4.78 is 19.1. The van der Waals surface area contributed by atoms with Crippen molar-refractivity contribution in [3.05, 3.63) is 29.6 Å². The number of nitriles is 1. The van der Waals surface area contributed by atoms with Gasteiger partial charge in [-0.3, -0.25) is 0 Å². The van der Waals surface area contributed by atoms with Crippen molar-refractivity contribution in [1.82, 2.24) is 5.32 Å². The van der Waals surface area contributed by atoms with Gasteiger partial charge in [-0.25, -0.2) is 4.39 Å². The number of hydrogen-bond donors (Lipinski definition) is 1. The molecular weight excluding hydrogens is 255 g/mol. The molecule has 0 saturated carbocycles. The van der Waals surface area contributed by atoms with Crippen LogP contribution in [0.4, 0.5) is 4.39 Å². The van der Waals surface area contributed by atoms with E-state index in [2.05, 4.69) is 32.2 Å². The van der Waals surface area contributed by atoms with E-state index in [9.17, 15) is 4.39 Å². The van der Waals surface area contributed by atoms with Crippen LogP contribution < -0.4 is 10.1 Å². The summed E-state index contributed by atoms with van der Waals surface area (Å²) in [7, 11) is 0. The van der Waals surface area contributed by atoms with Crippen LogP contribution >= 0.6 is 0 Å². The van der Waals surface area contributed by atoms with E-state index in [0.29, 0.717) is 25.3 Å². The molecule has 20 heavy (non-hydrogen) atoms. The summed E-state index contributed by atoms with van der Waals surface area (Å²) in [4.78, 5) is 0. The standard InChI is InChI=1S/C16H23FN2O/c1-16(2,3)19-12-13-9-14(17)11-15(10-13)20-8-6-4-5-7-18/h9-11,19H,4-6,8,12H2,1-3H3. The minimum absolute atomic E-state index is 0.00929. The molecule has 0 saturated heterocycles. The maximum atomic E-state index is 13.5. The monoisotopic (exact) mass is 278 g/mol. The van der Waals surface area contributed by atoms with Crippen molar-refractivity contribution in [3.8, 4) is 11.8 Å². The first-order chi connectivity index (χ1) is 9.40. The summed E-state index contributed by atoms with van der Waals surface area (Å²) in [5.41, 5.74) is 0.858. The smallest absolute Gasteiger partial charge is 0.127 e. The number of hydrogen-bond acceptors (Lipinski definition) is 3. The fraction of sp³-hybridized carbons (Fsp3) is 0.562. The third-order valence-corrected chi connectivity index (χ3v) is 2.71. The van der Waals surface area contributed by atoms with Gasteiger partial charge >= 0.3 is 0 Å². The number of ether oxygens (including phenoxy) is 1. The first kappa shape index (κ1) is 16.5. The lowest BCUT2D eigenvalue weighted by atomic mass is 10.1. The Kier molecular flexibility index (Phi) is 6.47. The molecular formula is C16H23FN2O. The molecule has 0 aliphatic carbocycles. The van der Waals surface area contributed by atoms with E-state index < -0.39 is 0 Å². The topological polar surface area (TPSA) is 45.0 Å². The van der Waals surface area contributed by atoms with Crippen LogP contribution in [-0.4, -0.2) is 12.1 Å². The molecule has 0 aliphatic heterocycles. The Morgan fingerprint density at radius 3 is 2.65 bits per heavy atom. The molecule has 0 unspecified atom stereocenters. The van der Waals surface area contributed by atoms with Crippen LogP contribution in [0, 0.1) is 17.1 Å². The van der Waals surface area contributed by atoms with Crippen LogP contribution in [0.25, 0.3) is 0 Å². The van der Waals surface area contributed by atoms with Gasteiger partial charge in [0.15, 0.2) is 0 Å². The SMILES string of the molecule is CC(C)(C)NCc1cc(F)cc(OCCCCC#N)c1. The molecule has 1 aromatic rings. The Balaban J connectivity index is 2.51. The van der Waals surface area contributed by atoms with Crippen molar-refractivity contribution in [1.29, 1.82) is 5.26 Å². The molecule has 0 bridgehead atoms. The van der Waals surface area contributed by atoms with Crippen molar-refractivity contribution < 1.29 is 9.13 Å². The minimum atomic E-state index is -0.287. The van der Waals surface area contributed by atoms with E-state index in [1.807, 2.05) is 6.07 Å². The van der Waals surface area contributed by atoms with E-state index in [0.717, 1.165) is 18.4 Å². The average molecular weight is 278 g/mol. The fourth-order valence-electron chi connectivity index (χ4n) is 1.67. The third kappa shape index (κ3) is 7.10. The number of unbranched alkanes of at least 4 members (excludes halogenated alkanes) is 2. The molecule has 0 radical (unpaired) electrons. The van der Waals surface area contributed by atoms with E-state index in [1.165, 1.54) is 12.1 Å². The lowest BCUT2D eigenvalue weighted by Crippen LogP contribution is -2.35. The zero-order valence-corrected chi connectivity index (χ0v) is 12.5. The summed E-state index contributed by atoms with van der Waals surface area (Å²) in [6, 6.07) is 6.85. The van der Waals surface area contributed by atoms with Crippen LogP contribution in [0.3, 0.4) is 0 Å². The summed E-state index contributed by atoms with van der Waals surface area (Å²) >= 11 is 0. The molecule has 4 heteroatoms. The highest BCUT2D eigenvalue weighted by Crippen LogP contribution is 2.17. The van der Waals surface area contributed by atoms with Crippen LogP contribution in [0.15, 0.2) is 18.2 Å². The highest BCUT2D eigenvalue weighted by Gasteiger charge is 2.09. The van der Waals surface area contributed by atoms with Crippen molar-refractivity contribution >= 4 is 0 Å². The second-order valence-electron chi connectivity index (χ2n) is 5.86. The molecule has 0 heterocycles. The van der Waals surface area contributed by atoms with Crippen molar-refractivity contribution in [2.24, 2.45) is 0 Å². The van der Waals surface area contributed by atoms with E-state index in [4.69, 9.17) is 10.00 Å². The van der Waals surface area contributed by atoms with E-state index in [-0.39, 0.29) is 11.4 Å². The van der Waals surface area contributed by atoms with E-state index in [1.54, 1.807) is 0 Å². The van der Waals surface area contributed by atoms with Gasteiger partial charge in [0.05, 0.1) is 12.7 Å². The van der Waals surface area contributed by atoms with Gasteiger partial charge in [0, 0.05) is 24.6 Å². The van der Waals surface area contributed by atoms with Gasteiger partial charge in [0.1, 0.15) is 11.6 Å². The molecule has 110 valence electrons. The maximum Gasteiger partial charge on any atom is 0.127 e. The first-order valence-electron chi connectivity index (χ1n) is 6.95. The Labute approximate surface area is 120 Å². The van der Waals surface area contributed by atoms with Gasteiger partial charge in [0.2, 0.25) is 0 Å². The maximum absolute atomic E-state index is 13.5. The Hall–Kier alpha value is -1.60. The highest BCUT2D eigenvalue weighted by atomic mass is 19.1. The van der Waals surface area contributed by atoms with Gasteiger partial charge in [-0.1, -0.05) is 0 Å². The average Bonchev–Trinajstić information content (AvgIpc) is 2.35. The largest absolute Gasteiger partial charge is 0.493 e. The van der Waals surface area contributed by atoms with Crippen molar-refractivity contribution in [3.63, 3.8) is 0 Å². The molecule has 3 nitrogen and oxygen atoms in total. The van der Waals surface area contributed by atoms with Crippen LogP contribution in [0.1, 0.15) is 45.6 Å². The van der Waals surface area contributed by atoms with Gasteiger partial charge in [-0.2, -0.15) is 5.26 Å². The predicted octanol–water partition coefficient (Wildman–Crippen LogP) is 3.79. The normalized spacial score (nSPS) is 11.2. The lowest BCUT2D eigenvalue weighted by Gasteiger charge is -2.20. The minimum Gasteiger partial charge on any atom is -0.493 e. The molecule has 0 spiro atoms. The number of nitrogens with zero attached hydrogens (tertiary/aromatic N) is 1. The molecule has 0 aliphatic rings. The summed E-state index contributed by atoms with van der Waals surface area (Å²) in [6.45, 7) is 7.32. The van der Waals surface area contributed by atoms with Crippen molar-refractivity contribution in [2.75, 3.05) is 6.61 Å². The highest BCUT2D eigenvalue weighted by molar-refractivity contribution is 5.29. The van der Waals surface area contributed by atoms with Crippen LogP contribution in [-0.2, 0) is 6.54 Å². The second kappa shape index (κ2) is 7.86. The summed E-state index contributed by atoms with van der Waals surface area (Å²) in [5.74, 6) is 0.262. The summed E-state index contributed by atoms with van der Waals surface area (Å²) in [5, 5.41) is 11.8. The molecule has 1 aromatic carbocycles. The molecule has 0 fully saturated rings. The summed E-state index contributed by atoms with van der Waals surface area (Å²) in [6.07, 6.45) is 2.15. The number of halogens is 1. The Bertz CT molecular complexity index is 461. The predicted molar refractivity (Wildman–Crippen MR) is 78.0 cm³/mol. The van der Waals surface area contributed by atoms with Gasteiger partial charge in [0.25, 0.3) is 0 Å². The number of rotatable bonds is 7. The fourth-order valence-corrected chi connectivity index (χ4v) is 1.67. The van der Waals surface area contributed by atoms with E-state index >= 15 is 0 Å². The molecule has 0 atom stereocenters. The Morgan fingerprint density at radius 2 is 2.00 bits per heavy atom. The van der Waals surface area contributed by atoms with Gasteiger partial charge in [-0.15, -0.1) is 0 Å². The third-order valence-electron chi connectivity index (χ3n) is 2.71. The second-order valence-corrected chi connectivity index (χ2v) is 5.86.